The molecule has 1 amide bonds. The Labute approximate surface area is 80.4 Å². The van der Waals surface area contributed by atoms with Crippen LogP contribution in [0, 0.1) is 0 Å². The van der Waals surface area contributed by atoms with E-state index in [0.29, 0.717) is 12.8 Å². The molecule has 1 rings (SSSR count). The number of thiol groups is 1. The number of amides is 1. The zero-order valence-corrected chi connectivity index (χ0v) is 7.67. The molecule has 0 spiro atoms. The van der Waals surface area contributed by atoms with Gasteiger partial charge in [0.25, 0.3) is 5.91 Å². The Morgan fingerprint density at radius 2 is 2.08 bits per heavy atom. The molecule has 1 aliphatic rings. The molecule has 0 aromatic rings. The van der Waals surface area contributed by atoms with Crippen molar-refractivity contribution in [3.63, 3.8) is 0 Å². The standard InChI is InChI=1S/C7H10N2O3S/c8-3-4(13)5(10)9-7(1-2-7)6(11)12/h3,13H,1-2,8H2,(H,9,10)(H,11,12)/b4-3-. The minimum Gasteiger partial charge on any atom is -0.480 e. The quantitative estimate of drug-likeness (QED) is 0.365. The minimum atomic E-state index is -1.08. The normalized spacial score (nSPS) is 19.3. The van der Waals surface area contributed by atoms with Crippen molar-refractivity contribution in [3.05, 3.63) is 11.1 Å². The third kappa shape index (κ3) is 1.95. The molecule has 5 nitrogen and oxygen atoms in total. The second-order valence-electron chi connectivity index (χ2n) is 2.89. The Morgan fingerprint density at radius 1 is 1.54 bits per heavy atom. The maximum atomic E-state index is 11.1. The number of hydrogen-bond donors (Lipinski definition) is 4. The molecule has 0 aromatic heterocycles. The van der Waals surface area contributed by atoms with Gasteiger partial charge in [0.2, 0.25) is 0 Å². The lowest BCUT2D eigenvalue weighted by Gasteiger charge is -2.11. The van der Waals surface area contributed by atoms with Gasteiger partial charge in [0, 0.05) is 6.20 Å². The van der Waals surface area contributed by atoms with Gasteiger partial charge in [-0.15, -0.1) is 12.6 Å². The number of carboxylic acids is 1. The predicted octanol–water partition coefficient (Wildman–Crippen LogP) is -0.550. The Bertz CT molecular complexity index is 283. The number of hydrogen-bond acceptors (Lipinski definition) is 4. The van der Waals surface area contributed by atoms with E-state index >= 15 is 0 Å². The van der Waals surface area contributed by atoms with Gasteiger partial charge in [0.05, 0.1) is 4.91 Å². The average Bonchev–Trinajstić information content (AvgIpc) is 2.84. The Hall–Kier alpha value is -1.17. The van der Waals surface area contributed by atoms with Crippen LogP contribution in [-0.4, -0.2) is 22.5 Å². The summed E-state index contributed by atoms with van der Waals surface area (Å²) in [6.45, 7) is 0. The summed E-state index contributed by atoms with van der Waals surface area (Å²) in [5, 5.41) is 11.1. The van der Waals surface area contributed by atoms with Gasteiger partial charge in [0.1, 0.15) is 5.54 Å². The van der Waals surface area contributed by atoms with Gasteiger partial charge in [-0.3, -0.25) is 4.79 Å². The summed E-state index contributed by atoms with van der Waals surface area (Å²) in [6, 6.07) is 0. The van der Waals surface area contributed by atoms with E-state index in [0.717, 1.165) is 6.20 Å². The summed E-state index contributed by atoms with van der Waals surface area (Å²) < 4.78 is 0. The molecule has 0 bridgehead atoms. The molecule has 6 heteroatoms. The van der Waals surface area contributed by atoms with Gasteiger partial charge in [0.15, 0.2) is 0 Å². The number of carbonyl (C=O) groups excluding carboxylic acids is 1. The molecule has 0 saturated heterocycles. The molecule has 1 saturated carbocycles. The van der Waals surface area contributed by atoms with Gasteiger partial charge in [-0.25, -0.2) is 4.79 Å². The van der Waals surface area contributed by atoms with Crippen LogP contribution in [0.25, 0.3) is 0 Å². The molecule has 0 unspecified atom stereocenters. The van der Waals surface area contributed by atoms with Crippen LogP contribution in [0.15, 0.2) is 11.1 Å². The summed E-state index contributed by atoms with van der Waals surface area (Å²) in [7, 11) is 0. The van der Waals surface area contributed by atoms with Crippen LogP contribution < -0.4 is 11.1 Å². The third-order valence-corrected chi connectivity index (χ3v) is 2.25. The summed E-state index contributed by atoms with van der Waals surface area (Å²) in [5.74, 6) is -1.57. The van der Waals surface area contributed by atoms with Crippen LogP contribution in [0.3, 0.4) is 0 Å². The molecule has 0 atom stereocenters. The van der Waals surface area contributed by atoms with Crippen molar-refractivity contribution < 1.29 is 14.7 Å². The minimum absolute atomic E-state index is 0.0209. The highest BCUT2D eigenvalue weighted by Gasteiger charge is 2.51. The summed E-state index contributed by atoms with van der Waals surface area (Å²) >= 11 is 3.76. The van der Waals surface area contributed by atoms with Gasteiger partial charge in [-0.1, -0.05) is 0 Å². The Kier molecular flexibility index (Phi) is 2.51. The SMILES string of the molecule is N/C=C(\S)C(=O)NC1(C(=O)O)CC1. The van der Waals surface area contributed by atoms with Crippen molar-refractivity contribution in [1.29, 1.82) is 0 Å². The van der Waals surface area contributed by atoms with E-state index < -0.39 is 17.4 Å². The zero-order valence-electron chi connectivity index (χ0n) is 6.78. The smallest absolute Gasteiger partial charge is 0.329 e. The lowest BCUT2D eigenvalue weighted by molar-refractivity contribution is -0.142. The van der Waals surface area contributed by atoms with Gasteiger partial charge in [-0.2, -0.15) is 0 Å². The topological polar surface area (TPSA) is 92.4 Å². The maximum Gasteiger partial charge on any atom is 0.329 e. The van der Waals surface area contributed by atoms with Crippen LogP contribution in [0.5, 0.6) is 0 Å². The molecule has 0 aliphatic heterocycles. The second kappa shape index (κ2) is 3.29. The van der Waals surface area contributed by atoms with Crippen molar-refractivity contribution in [2.75, 3.05) is 0 Å². The van der Waals surface area contributed by atoms with E-state index in [1.54, 1.807) is 0 Å². The first-order valence-corrected chi connectivity index (χ1v) is 4.13. The highest BCUT2D eigenvalue weighted by Crippen LogP contribution is 2.35. The molecule has 13 heavy (non-hydrogen) atoms. The predicted molar refractivity (Wildman–Crippen MR) is 49.0 cm³/mol. The van der Waals surface area contributed by atoms with Crippen LogP contribution >= 0.6 is 12.6 Å². The first-order valence-electron chi connectivity index (χ1n) is 3.68. The van der Waals surface area contributed by atoms with Gasteiger partial charge in [-0.05, 0) is 12.8 Å². The number of carboxylic acid groups (broad SMARTS) is 1. The molecule has 0 aromatic carbocycles. The number of carbonyl (C=O) groups is 2. The van der Waals surface area contributed by atoms with Crippen LogP contribution in [0.4, 0.5) is 0 Å². The molecule has 72 valence electrons. The van der Waals surface area contributed by atoms with Gasteiger partial charge < -0.3 is 16.2 Å². The molecule has 4 N–H and O–H groups in total. The first kappa shape index (κ1) is 9.91. The maximum absolute atomic E-state index is 11.1. The van der Waals surface area contributed by atoms with Crippen molar-refractivity contribution >= 4 is 24.5 Å². The molecular formula is C7H10N2O3S. The molecule has 0 heterocycles. The molecule has 1 aliphatic carbocycles. The van der Waals surface area contributed by atoms with Crippen molar-refractivity contribution in [3.8, 4) is 0 Å². The fraction of sp³-hybridized carbons (Fsp3) is 0.429. The Morgan fingerprint density at radius 3 is 2.38 bits per heavy atom. The van der Waals surface area contributed by atoms with E-state index in [4.69, 9.17) is 10.8 Å². The van der Waals surface area contributed by atoms with E-state index in [9.17, 15) is 9.59 Å². The van der Waals surface area contributed by atoms with Crippen LogP contribution in [0.1, 0.15) is 12.8 Å². The first-order chi connectivity index (χ1) is 6.02. The van der Waals surface area contributed by atoms with E-state index in [1.165, 1.54) is 0 Å². The molecule has 0 radical (unpaired) electrons. The fourth-order valence-electron chi connectivity index (χ4n) is 0.874. The monoisotopic (exact) mass is 202 g/mol. The van der Waals surface area contributed by atoms with Crippen LogP contribution in [-0.2, 0) is 9.59 Å². The van der Waals surface area contributed by atoms with Crippen molar-refractivity contribution in [1.82, 2.24) is 5.32 Å². The summed E-state index contributed by atoms with van der Waals surface area (Å²) in [4.78, 5) is 21.8. The average molecular weight is 202 g/mol. The molecule has 1 fully saturated rings. The molecular weight excluding hydrogens is 192 g/mol. The number of nitrogens with one attached hydrogen (secondary N) is 1. The number of nitrogens with two attached hydrogens (primary N) is 1. The van der Waals surface area contributed by atoms with E-state index in [-0.39, 0.29) is 4.91 Å². The lowest BCUT2D eigenvalue weighted by atomic mass is 10.3. The fourth-order valence-corrected chi connectivity index (χ4v) is 0.930. The largest absolute Gasteiger partial charge is 0.480 e. The highest BCUT2D eigenvalue weighted by atomic mass is 32.1. The van der Waals surface area contributed by atoms with Crippen molar-refractivity contribution in [2.24, 2.45) is 5.73 Å². The van der Waals surface area contributed by atoms with Crippen LogP contribution in [0.2, 0.25) is 0 Å². The lowest BCUT2D eigenvalue weighted by Crippen LogP contribution is -2.43. The third-order valence-electron chi connectivity index (χ3n) is 1.90. The Balaban J connectivity index is 2.60. The zero-order chi connectivity index (χ0) is 10.1. The number of aliphatic carboxylic acids is 1. The number of rotatable bonds is 3. The van der Waals surface area contributed by atoms with E-state index in [1.807, 2.05) is 0 Å². The van der Waals surface area contributed by atoms with E-state index in [2.05, 4.69) is 17.9 Å². The highest BCUT2D eigenvalue weighted by molar-refractivity contribution is 7.85. The van der Waals surface area contributed by atoms with Gasteiger partial charge >= 0.3 is 5.97 Å². The summed E-state index contributed by atoms with van der Waals surface area (Å²) in [5.41, 5.74) is 3.97. The summed E-state index contributed by atoms with van der Waals surface area (Å²) in [6.07, 6.45) is 1.94. The van der Waals surface area contributed by atoms with Crippen molar-refractivity contribution in [2.45, 2.75) is 18.4 Å². The second-order valence-corrected chi connectivity index (χ2v) is 3.38.